The van der Waals surface area contributed by atoms with Gasteiger partial charge in [-0.1, -0.05) is 29.8 Å². The molecule has 2 aromatic rings. The minimum atomic E-state index is -4.71. The van der Waals surface area contributed by atoms with Gasteiger partial charge in [-0.05, 0) is 42.3 Å². The van der Waals surface area contributed by atoms with E-state index in [1.54, 1.807) is 18.2 Å². The van der Waals surface area contributed by atoms with Crippen LogP contribution in [0.1, 0.15) is 11.1 Å². The Bertz CT molecular complexity index is 629. The highest BCUT2D eigenvalue weighted by Crippen LogP contribution is 2.30. The predicted molar refractivity (Wildman–Crippen MR) is 76.6 cm³/mol. The number of hydrogen-bond acceptors (Lipinski definition) is 2. The molecule has 1 N–H and O–H groups in total. The summed E-state index contributed by atoms with van der Waals surface area (Å²) in [6, 6.07) is 11.3. The van der Waals surface area contributed by atoms with Crippen LogP contribution in [0.25, 0.3) is 0 Å². The van der Waals surface area contributed by atoms with Crippen LogP contribution >= 0.6 is 11.6 Å². The zero-order valence-corrected chi connectivity index (χ0v) is 11.9. The monoisotopic (exact) mass is 315 g/mol. The van der Waals surface area contributed by atoms with Gasteiger partial charge in [-0.2, -0.15) is 0 Å². The number of hydrogen-bond donors (Lipinski definition) is 1. The minimum absolute atomic E-state index is 0.253. The Hall–Kier alpha value is -1.88. The first-order valence-corrected chi connectivity index (χ1v) is 6.56. The number of rotatable bonds is 4. The van der Waals surface area contributed by atoms with Gasteiger partial charge in [0.15, 0.2) is 5.75 Å². The van der Waals surface area contributed by atoms with Crippen molar-refractivity contribution < 1.29 is 17.9 Å². The van der Waals surface area contributed by atoms with E-state index in [-0.39, 0.29) is 11.4 Å². The summed E-state index contributed by atoms with van der Waals surface area (Å²) < 4.78 is 41.0. The fourth-order valence-electron chi connectivity index (χ4n) is 1.87. The van der Waals surface area contributed by atoms with E-state index in [2.05, 4.69) is 10.1 Å². The second kappa shape index (κ2) is 6.26. The molecule has 0 aromatic heterocycles. The second-order valence-corrected chi connectivity index (χ2v) is 4.90. The molecule has 0 aliphatic heterocycles. The van der Waals surface area contributed by atoms with Crippen LogP contribution in [0.3, 0.4) is 0 Å². The zero-order valence-electron chi connectivity index (χ0n) is 11.2. The summed E-state index contributed by atoms with van der Waals surface area (Å²) in [5.74, 6) is -0.253. The van der Waals surface area contributed by atoms with Crippen molar-refractivity contribution in [3.63, 3.8) is 0 Å². The lowest BCUT2D eigenvalue weighted by molar-refractivity contribution is -0.274. The van der Waals surface area contributed by atoms with E-state index in [1.165, 1.54) is 18.2 Å². The summed E-state index contributed by atoms with van der Waals surface area (Å²) in [6.07, 6.45) is -4.71. The first kappa shape index (κ1) is 15.5. The van der Waals surface area contributed by atoms with Crippen LogP contribution in [0.15, 0.2) is 42.5 Å². The highest BCUT2D eigenvalue weighted by Gasteiger charge is 2.32. The van der Waals surface area contributed by atoms with E-state index in [9.17, 15) is 13.2 Å². The lowest BCUT2D eigenvalue weighted by Gasteiger charge is -2.15. The number of nitrogens with one attached hydrogen (secondary N) is 1. The summed E-state index contributed by atoms with van der Waals surface area (Å²) in [5, 5.41) is 3.57. The largest absolute Gasteiger partial charge is 0.573 e. The standard InChI is InChI=1S/C15H13ClF3NO/c1-10-8-12(16)7-6-11(10)9-20-13-4-2-3-5-14(13)21-15(17,18)19/h2-8,20H,9H2,1H3. The predicted octanol–water partition coefficient (Wildman–Crippen LogP) is 5.16. The lowest BCUT2D eigenvalue weighted by atomic mass is 10.1. The fraction of sp³-hybridized carbons (Fsp3) is 0.200. The maximum atomic E-state index is 12.3. The van der Waals surface area contributed by atoms with Gasteiger partial charge in [0.05, 0.1) is 5.69 Å². The van der Waals surface area contributed by atoms with Crippen LogP contribution in [0.5, 0.6) is 5.75 Å². The molecular formula is C15H13ClF3NO. The van der Waals surface area contributed by atoms with Crippen molar-refractivity contribution in [1.82, 2.24) is 0 Å². The maximum absolute atomic E-state index is 12.3. The van der Waals surface area contributed by atoms with Gasteiger partial charge in [0, 0.05) is 11.6 Å². The van der Waals surface area contributed by atoms with Crippen LogP contribution in [0.4, 0.5) is 18.9 Å². The van der Waals surface area contributed by atoms with Crippen molar-refractivity contribution in [2.75, 3.05) is 5.32 Å². The Morgan fingerprint density at radius 3 is 2.52 bits per heavy atom. The van der Waals surface area contributed by atoms with Gasteiger partial charge in [-0.15, -0.1) is 13.2 Å². The molecule has 0 aliphatic rings. The molecule has 0 saturated heterocycles. The van der Waals surface area contributed by atoms with Crippen molar-refractivity contribution >= 4 is 17.3 Å². The topological polar surface area (TPSA) is 21.3 Å². The Balaban J connectivity index is 2.13. The van der Waals surface area contributed by atoms with E-state index in [4.69, 9.17) is 11.6 Å². The molecule has 0 radical (unpaired) electrons. The summed E-state index contributed by atoms with van der Waals surface area (Å²) in [7, 11) is 0. The normalized spacial score (nSPS) is 11.3. The Kier molecular flexibility index (Phi) is 4.63. The van der Waals surface area contributed by atoms with Gasteiger partial charge in [-0.25, -0.2) is 0 Å². The van der Waals surface area contributed by atoms with E-state index in [0.717, 1.165) is 11.1 Å². The van der Waals surface area contributed by atoms with Gasteiger partial charge in [-0.3, -0.25) is 0 Å². The third-order valence-electron chi connectivity index (χ3n) is 2.89. The van der Waals surface area contributed by atoms with Crippen LogP contribution in [0.2, 0.25) is 5.02 Å². The molecule has 0 unspecified atom stereocenters. The Labute approximate surface area is 125 Å². The molecule has 21 heavy (non-hydrogen) atoms. The molecular weight excluding hydrogens is 303 g/mol. The van der Waals surface area contributed by atoms with Gasteiger partial charge in [0.25, 0.3) is 0 Å². The molecule has 0 saturated carbocycles. The Morgan fingerprint density at radius 2 is 1.86 bits per heavy atom. The third-order valence-corrected chi connectivity index (χ3v) is 3.12. The average Bonchev–Trinajstić information content (AvgIpc) is 2.37. The highest BCUT2D eigenvalue weighted by molar-refractivity contribution is 6.30. The lowest BCUT2D eigenvalue weighted by Crippen LogP contribution is -2.18. The van der Waals surface area contributed by atoms with Crippen LogP contribution in [-0.2, 0) is 6.54 Å². The number of ether oxygens (including phenoxy) is 1. The number of anilines is 1. The highest BCUT2D eigenvalue weighted by atomic mass is 35.5. The van der Waals surface area contributed by atoms with Gasteiger partial charge >= 0.3 is 6.36 Å². The molecule has 6 heteroatoms. The van der Waals surface area contributed by atoms with Crippen LogP contribution < -0.4 is 10.1 Å². The zero-order chi connectivity index (χ0) is 15.5. The van der Waals surface area contributed by atoms with E-state index >= 15 is 0 Å². The average molecular weight is 316 g/mol. The molecule has 112 valence electrons. The molecule has 2 aromatic carbocycles. The molecule has 2 nitrogen and oxygen atoms in total. The first-order chi connectivity index (χ1) is 9.85. The van der Waals surface area contributed by atoms with Crippen molar-refractivity contribution in [2.45, 2.75) is 19.8 Å². The second-order valence-electron chi connectivity index (χ2n) is 4.47. The molecule has 0 spiro atoms. The molecule has 0 fully saturated rings. The molecule has 2 rings (SSSR count). The summed E-state index contributed by atoms with van der Waals surface area (Å²) in [4.78, 5) is 0. The van der Waals surface area contributed by atoms with Gasteiger partial charge in [0.1, 0.15) is 0 Å². The molecule has 0 bridgehead atoms. The van der Waals surface area contributed by atoms with Gasteiger partial charge < -0.3 is 10.1 Å². The smallest absolute Gasteiger partial charge is 0.404 e. The molecule has 0 amide bonds. The molecule has 0 aliphatic carbocycles. The fourth-order valence-corrected chi connectivity index (χ4v) is 2.10. The molecule has 0 atom stereocenters. The van der Waals surface area contributed by atoms with Crippen molar-refractivity contribution in [3.05, 3.63) is 58.6 Å². The van der Waals surface area contributed by atoms with Crippen molar-refractivity contribution in [2.24, 2.45) is 0 Å². The molecule has 0 heterocycles. The summed E-state index contributed by atoms with van der Waals surface area (Å²) >= 11 is 5.87. The number of halogens is 4. The maximum Gasteiger partial charge on any atom is 0.573 e. The summed E-state index contributed by atoms with van der Waals surface area (Å²) in [6.45, 7) is 2.27. The van der Waals surface area contributed by atoms with Crippen molar-refractivity contribution in [3.8, 4) is 5.75 Å². The first-order valence-electron chi connectivity index (χ1n) is 6.19. The van der Waals surface area contributed by atoms with E-state index in [0.29, 0.717) is 11.6 Å². The minimum Gasteiger partial charge on any atom is -0.404 e. The third kappa shape index (κ3) is 4.56. The number of alkyl halides is 3. The summed E-state index contributed by atoms with van der Waals surface area (Å²) in [5.41, 5.74) is 2.19. The quantitative estimate of drug-likeness (QED) is 0.841. The number of aryl methyl sites for hydroxylation is 1. The number of para-hydroxylation sites is 2. The Morgan fingerprint density at radius 1 is 1.14 bits per heavy atom. The van der Waals surface area contributed by atoms with E-state index in [1.807, 2.05) is 13.0 Å². The van der Waals surface area contributed by atoms with Crippen LogP contribution in [-0.4, -0.2) is 6.36 Å². The van der Waals surface area contributed by atoms with Crippen LogP contribution in [0, 0.1) is 6.92 Å². The van der Waals surface area contributed by atoms with E-state index < -0.39 is 6.36 Å². The number of benzene rings is 2. The van der Waals surface area contributed by atoms with Gasteiger partial charge in [0.2, 0.25) is 0 Å². The SMILES string of the molecule is Cc1cc(Cl)ccc1CNc1ccccc1OC(F)(F)F. The van der Waals surface area contributed by atoms with Crippen molar-refractivity contribution in [1.29, 1.82) is 0 Å².